The average Bonchev–Trinajstić information content (AvgIpc) is 3.32. The Labute approximate surface area is 142 Å². The van der Waals surface area contributed by atoms with Crippen LogP contribution in [0.1, 0.15) is 43.0 Å². The molecule has 3 heterocycles. The first-order valence-corrected chi connectivity index (χ1v) is 9.50. The van der Waals surface area contributed by atoms with Crippen LogP contribution in [0.5, 0.6) is 0 Å². The number of amides is 2. The monoisotopic (exact) mass is 338 g/mol. The van der Waals surface area contributed by atoms with Gasteiger partial charge in [0.05, 0.1) is 18.8 Å². The Balaban J connectivity index is 1.31. The lowest BCUT2D eigenvalue weighted by Crippen LogP contribution is -2.39. The molecule has 5 nitrogen and oxygen atoms in total. The van der Waals surface area contributed by atoms with E-state index in [1.54, 1.807) is 11.3 Å². The summed E-state index contributed by atoms with van der Waals surface area (Å²) in [6.07, 6.45) is 5.52. The maximum atomic E-state index is 12.4. The van der Waals surface area contributed by atoms with Crippen LogP contribution in [-0.4, -0.2) is 49.9 Å². The summed E-state index contributed by atoms with van der Waals surface area (Å²) in [5, 5.41) is 5.10. The third-order valence-corrected chi connectivity index (χ3v) is 5.43. The van der Waals surface area contributed by atoms with E-state index in [-0.39, 0.29) is 18.2 Å². The summed E-state index contributed by atoms with van der Waals surface area (Å²) in [4.78, 5) is 15.6. The van der Waals surface area contributed by atoms with Crippen molar-refractivity contribution in [3.8, 4) is 0 Å². The predicted octanol–water partition coefficient (Wildman–Crippen LogP) is 3.18. The Morgan fingerprint density at radius 2 is 2.39 bits per heavy atom. The number of nitrogens with one attached hydrogen (secondary N) is 1. The summed E-state index contributed by atoms with van der Waals surface area (Å²) in [6, 6.07) is 4.49. The van der Waals surface area contributed by atoms with E-state index >= 15 is 0 Å². The molecule has 2 fully saturated rings. The maximum absolute atomic E-state index is 12.4. The smallest absolute Gasteiger partial charge is 0.317 e. The molecule has 2 aliphatic rings. The van der Waals surface area contributed by atoms with Gasteiger partial charge in [-0.25, -0.2) is 4.79 Å². The number of rotatable bonds is 7. The van der Waals surface area contributed by atoms with Gasteiger partial charge in [0.1, 0.15) is 0 Å². The molecule has 6 heteroatoms. The number of likely N-dealkylation sites (tertiary alicyclic amines) is 1. The van der Waals surface area contributed by atoms with Gasteiger partial charge < -0.3 is 19.7 Å². The molecule has 0 aliphatic carbocycles. The minimum atomic E-state index is 0.0556. The Hall–Kier alpha value is -1.11. The lowest BCUT2D eigenvalue weighted by atomic mass is 10.2. The third kappa shape index (κ3) is 4.68. The molecule has 0 bridgehead atoms. The van der Waals surface area contributed by atoms with Crippen molar-refractivity contribution in [2.24, 2.45) is 0 Å². The van der Waals surface area contributed by atoms with Crippen molar-refractivity contribution in [3.63, 3.8) is 0 Å². The first kappa shape index (κ1) is 16.7. The lowest BCUT2D eigenvalue weighted by Gasteiger charge is -2.24. The average molecular weight is 338 g/mol. The molecule has 2 aliphatic heterocycles. The highest BCUT2D eigenvalue weighted by atomic mass is 32.1. The van der Waals surface area contributed by atoms with Gasteiger partial charge in [-0.1, -0.05) is 6.07 Å². The van der Waals surface area contributed by atoms with Crippen LogP contribution in [-0.2, 0) is 9.47 Å². The van der Waals surface area contributed by atoms with Gasteiger partial charge in [0.2, 0.25) is 0 Å². The number of nitrogens with zero attached hydrogens (tertiary/aromatic N) is 1. The summed E-state index contributed by atoms with van der Waals surface area (Å²) in [5.41, 5.74) is 0. The van der Waals surface area contributed by atoms with Crippen LogP contribution in [0.3, 0.4) is 0 Å². The van der Waals surface area contributed by atoms with E-state index in [1.807, 2.05) is 4.90 Å². The Morgan fingerprint density at radius 3 is 3.17 bits per heavy atom. The molecule has 1 aromatic rings. The van der Waals surface area contributed by atoms with Crippen LogP contribution < -0.4 is 5.32 Å². The fourth-order valence-corrected chi connectivity index (χ4v) is 4.12. The fourth-order valence-electron chi connectivity index (χ4n) is 3.25. The van der Waals surface area contributed by atoms with Crippen LogP contribution in [0.15, 0.2) is 17.5 Å². The highest BCUT2D eigenvalue weighted by molar-refractivity contribution is 7.10. The topological polar surface area (TPSA) is 50.8 Å². The van der Waals surface area contributed by atoms with Gasteiger partial charge in [0.25, 0.3) is 0 Å². The molecular formula is C17H26N2O3S. The van der Waals surface area contributed by atoms with E-state index in [1.165, 1.54) is 4.88 Å². The second-order valence-electron chi connectivity index (χ2n) is 6.16. The van der Waals surface area contributed by atoms with Gasteiger partial charge in [0, 0.05) is 31.2 Å². The van der Waals surface area contributed by atoms with Crippen LogP contribution in [0.25, 0.3) is 0 Å². The number of hydrogen-bond donors (Lipinski definition) is 1. The molecule has 0 radical (unpaired) electrons. The fraction of sp³-hybridized carbons (Fsp3) is 0.706. The van der Waals surface area contributed by atoms with Crippen molar-refractivity contribution < 1.29 is 14.3 Å². The molecule has 3 rings (SSSR count). The van der Waals surface area contributed by atoms with Crippen molar-refractivity contribution in [3.05, 3.63) is 22.4 Å². The Morgan fingerprint density at radius 1 is 1.43 bits per heavy atom. The van der Waals surface area contributed by atoms with Crippen molar-refractivity contribution in [2.75, 3.05) is 32.9 Å². The zero-order valence-electron chi connectivity index (χ0n) is 13.5. The molecule has 2 atom stereocenters. The number of ether oxygens (including phenoxy) is 2. The van der Waals surface area contributed by atoms with Crippen LogP contribution in [0.2, 0.25) is 0 Å². The van der Waals surface area contributed by atoms with E-state index in [0.29, 0.717) is 19.8 Å². The standard InChI is InChI=1S/C17H26N2O3S/c20-17(18-8-4-10-21-13-14-5-2-11-22-14)19-9-1-6-15(19)16-7-3-12-23-16/h3,7,12,14-15H,1-2,4-6,8-11,13H2,(H,18,20)/t14-,15+/m0/s1. The molecule has 0 saturated carbocycles. The summed E-state index contributed by atoms with van der Waals surface area (Å²) in [6.45, 7) is 3.74. The third-order valence-electron chi connectivity index (χ3n) is 4.45. The second-order valence-corrected chi connectivity index (χ2v) is 7.14. The molecule has 23 heavy (non-hydrogen) atoms. The van der Waals surface area contributed by atoms with E-state index in [9.17, 15) is 4.79 Å². The highest BCUT2D eigenvalue weighted by Crippen LogP contribution is 2.34. The molecule has 1 N–H and O–H groups in total. The van der Waals surface area contributed by atoms with Gasteiger partial charge in [-0.05, 0) is 43.6 Å². The van der Waals surface area contributed by atoms with E-state index in [0.717, 1.165) is 45.3 Å². The van der Waals surface area contributed by atoms with Gasteiger partial charge >= 0.3 is 6.03 Å². The number of carbonyl (C=O) groups is 1. The molecule has 1 aromatic heterocycles. The van der Waals surface area contributed by atoms with Crippen molar-refractivity contribution in [1.82, 2.24) is 10.2 Å². The van der Waals surface area contributed by atoms with E-state index in [2.05, 4.69) is 22.8 Å². The summed E-state index contributed by atoms with van der Waals surface area (Å²) >= 11 is 1.73. The lowest BCUT2D eigenvalue weighted by molar-refractivity contribution is 0.0167. The first-order valence-electron chi connectivity index (χ1n) is 8.62. The summed E-state index contributed by atoms with van der Waals surface area (Å²) in [7, 11) is 0. The Kier molecular flexibility index (Phi) is 6.30. The number of hydrogen-bond acceptors (Lipinski definition) is 4. The van der Waals surface area contributed by atoms with Gasteiger partial charge in [0.15, 0.2) is 0 Å². The van der Waals surface area contributed by atoms with Gasteiger partial charge in [-0.15, -0.1) is 11.3 Å². The van der Waals surface area contributed by atoms with Crippen LogP contribution in [0, 0.1) is 0 Å². The Bertz CT molecular complexity index is 474. The molecule has 2 amide bonds. The van der Waals surface area contributed by atoms with Crippen molar-refractivity contribution in [2.45, 2.75) is 44.2 Å². The number of urea groups is 1. The SMILES string of the molecule is O=C(NCCCOC[C@@H]1CCCO1)N1CCC[C@@H]1c1cccs1. The maximum Gasteiger partial charge on any atom is 0.317 e. The van der Waals surface area contributed by atoms with Crippen LogP contribution >= 0.6 is 11.3 Å². The highest BCUT2D eigenvalue weighted by Gasteiger charge is 2.30. The molecule has 0 spiro atoms. The predicted molar refractivity (Wildman–Crippen MR) is 90.8 cm³/mol. The molecular weight excluding hydrogens is 312 g/mol. The second kappa shape index (κ2) is 8.66. The van der Waals surface area contributed by atoms with E-state index < -0.39 is 0 Å². The van der Waals surface area contributed by atoms with E-state index in [4.69, 9.17) is 9.47 Å². The minimum absolute atomic E-state index is 0.0556. The zero-order chi connectivity index (χ0) is 15.9. The quantitative estimate of drug-likeness (QED) is 0.777. The number of carbonyl (C=O) groups excluding carboxylic acids is 1. The van der Waals surface area contributed by atoms with Crippen molar-refractivity contribution in [1.29, 1.82) is 0 Å². The normalized spacial score (nSPS) is 24.3. The molecule has 2 saturated heterocycles. The molecule has 0 aromatic carbocycles. The van der Waals surface area contributed by atoms with Crippen LogP contribution in [0.4, 0.5) is 4.79 Å². The summed E-state index contributed by atoms with van der Waals surface area (Å²) in [5.74, 6) is 0. The van der Waals surface area contributed by atoms with Gasteiger partial charge in [-0.2, -0.15) is 0 Å². The largest absolute Gasteiger partial charge is 0.379 e. The van der Waals surface area contributed by atoms with Gasteiger partial charge in [-0.3, -0.25) is 0 Å². The zero-order valence-corrected chi connectivity index (χ0v) is 14.4. The van der Waals surface area contributed by atoms with Crippen molar-refractivity contribution >= 4 is 17.4 Å². The molecule has 0 unspecified atom stereocenters. The summed E-state index contributed by atoms with van der Waals surface area (Å²) < 4.78 is 11.1. The molecule has 128 valence electrons. The first-order chi connectivity index (χ1) is 11.3. The number of thiophene rings is 1. The minimum Gasteiger partial charge on any atom is -0.379 e.